The third kappa shape index (κ3) is 5.88. The van der Waals surface area contributed by atoms with Gasteiger partial charge in [-0.25, -0.2) is 13.4 Å². The van der Waals surface area contributed by atoms with E-state index in [0.717, 1.165) is 6.26 Å². The predicted octanol–water partition coefficient (Wildman–Crippen LogP) is -0.592. The Kier molecular flexibility index (Phi) is 7.11. The molecule has 2 atom stereocenters. The number of ether oxygens (including phenoxy) is 1. The quantitative estimate of drug-likeness (QED) is 0.630. The number of anilines is 1. The molecule has 2 aliphatic heterocycles. The lowest BCUT2D eigenvalue weighted by Crippen LogP contribution is -2.45. The number of hydrogen-bond acceptors (Lipinski definition) is 8. The second-order valence-electron chi connectivity index (χ2n) is 6.53. The summed E-state index contributed by atoms with van der Waals surface area (Å²) in [7, 11) is -3.28. The minimum absolute atomic E-state index is 0.00608. The van der Waals surface area contributed by atoms with E-state index in [-0.39, 0.29) is 29.9 Å². The van der Waals surface area contributed by atoms with Gasteiger partial charge in [0.25, 0.3) is 6.47 Å². The highest BCUT2D eigenvalue weighted by molar-refractivity contribution is 7.90. The summed E-state index contributed by atoms with van der Waals surface area (Å²) in [5.41, 5.74) is 0. The standard InChI is InChI=1S/C15H21N3O5S.CH2O2/c1-24(21,22)13-2-3-14(16-4-13)18-6-11-5-17(8-15(19)20)7-12(18)10-23-9-11;2-1-3/h2-4,11-12H,5-10H2,1H3,(H,19,20);1H,(H,2,3)/t11-,12-;/m0./s1. The average Bonchev–Trinajstić information content (AvgIpc) is 2.85. The van der Waals surface area contributed by atoms with Crippen LogP contribution in [0, 0.1) is 5.92 Å². The van der Waals surface area contributed by atoms with Gasteiger partial charge in [0.1, 0.15) is 5.82 Å². The monoisotopic (exact) mass is 401 g/mol. The van der Waals surface area contributed by atoms with Gasteiger partial charge in [0.05, 0.1) is 30.7 Å². The SMILES string of the molecule is CS(=O)(=O)c1ccc(N2C[C@H]3COC[C@@H]2CN(CC(=O)O)C3)nc1.O=CO. The summed E-state index contributed by atoms with van der Waals surface area (Å²) >= 11 is 0. The molecule has 10 nitrogen and oxygen atoms in total. The molecule has 2 fully saturated rings. The second-order valence-corrected chi connectivity index (χ2v) is 8.54. The molecule has 2 aliphatic rings. The summed E-state index contributed by atoms with van der Waals surface area (Å²) in [6.45, 7) is 2.82. The molecule has 0 amide bonds. The first-order valence-electron chi connectivity index (χ1n) is 8.27. The fraction of sp³-hybridized carbons (Fsp3) is 0.562. The molecule has 3 rings (SSSR count). The Balaban J connectivity index is 0.000000817. The van der Waals surface area contributed by atoms with Gasteiger partial charge in [-0.2, -0.15) is 0 Å². The van der Waals surface area contributed by atoms with Gasteiger partial charge >= 0.3 is 5.97 Å². The predicted molar refractivity (Wildman–Crippen MR) is 95.6 cm³/mol. The van der Waals surface area contributed by atoms with Crippen LogP contribution in [0.25, 0.3) is 0 Å². The van der Waals surface area contributed by atoms with Crippen molar-refractivity contribution in [2.75, 3.05) is 50.5 Å². The molecule has 27 heavy (non-hydrogen) atoms. The number of fused-ring (bicyclic) bond motifs is 3. The summed E-state index contributed by atoms with van der Waals surface area (Å²) in [6.07, 6.45) is 2.52. The van der Waals surface area contributed by atoms with Gasteiger partial charge in [0.2, 0.25) is 0 Å². The maximum Gasteiger partial charge on any atom is 0.317 e. The van der Waals surface area contributed by atoms with Gasteiger partial charge in [-0.1, -0.05) is 0 Å². The first-order valence-corrected chi connectivity index (χ1v) is 10.2. The second kappa shape index (κ2) is 9.11. The van der Waals surface area contributed by atoms with E-state index in [9.17, 15) is 13.2 Å². The van der Waals surface area contributed by atoms with E-state index in [4.69, 9.17) is 19.7 Å². The Hall–Kier alpha value is -2.24. The van der Waals surface area contributed by atoms with Crippen molar-refractivity contribution in [1.82, 2.24) is 9.88 Å². The Morgan fingerprint density at radius 2 is 2.04 bits per heavy atom. The van der Waals surface area contributed by atoms with Crippen LogP contribution >= 0.6 is 0 Å². The Morgan fingerprint density at radius 1 is 1.33 bits per heavy atom. The van der Waals surface area contributed by atoms with Crippen molar-refractivity contribution in [3.63, 3.8) is 0 Å². The molecular formula is C16H23N3O7S. The van der Waals surface area contributed by atoms with Crippen molar-refractivity contribution in [3.8, 4) is 0 Å². The molecule has 11 heteroatoms. The van der Waals surface area contributed by atoms with Crippen molar-refractivity contribution in [2.24, 2.45) is 5.92 Å². The third-order valence-corrected chi connectivity index (χ3v) is 5.44. The Labute approximate surface area is 157 Å². The van der Waals surface area contributed by atoms with Crippen LogP contribution in [0.1, 0.15) is 0 Å². The summed E-state index contributed by atoms with van der Waals surface area (Å²) < 4.78 is 28.8. The number of aromatic nitrogens is 1. The van der Waals surface area contributed by atoms with E-state index in [2.05, 4.69) is 9.88 Å². The number of nitrogens with zero attached hydrogens (tertiary/aromatic N) is 3. The van der Waals surface area contributed by atoms with E-state index < -0.39 is 15.8 Å². The lowest BCUT2D eigenvalue weighted by atomic mass is 10.1. The first-order chi connectivity index (χ1) is 12.7. The molecule has 2 N–H and O–H groups in total. The van der Waals surface area contributed by atoms with Crippen LogP contribution in [0.4, 0.5) is 5.82 Å². The zero-order chi connectivity index (χ0) is 20.0. The lowest BCUT2D eigenvalue weighted by molar-refractivity contribution is -0.138. The molecule has 0 spiro atoms. The highest BCUT2D eigenvalue weighted by Gasteiger charge is 2.34. The highest BCUT2D eigenvalue weighted by atomic mass is 32.2. The summed E-state index contributed by atoms with van der Waals surface area (Å²) in [5, 5.41) is 15.9. The molecular weight excluding hydrogens is 378 g/mol. The molecule has 3 heterocycles. The van der Waals surface area contributed by atoms with Gasteiger partial charge in [0.15, 0.2) is 9.84 Å². The van der Waals surface area contributed by atoms with Crippen LogP contribution in [-0.2, 0) is 24.2 Å². The molecule has 150 valence electrons. The smallest absolute Gasteiger partial charge is 0.317 e. The van der Waals surface area contributed by atoms with Gasteiger partial charge < -0.3 is 19.8 Å². The Morgan fingerprint density at radius 3 is 2.59 bits per heavy atom. The number of rotatable bonds is 4. The van der Waals surface area contributed by atoms with E-state index in [0.29, 0.717) is 38.7 Å². The molecule has 1 aromatic heterocycles. The van der Waals surface area contributed by atoms with E-state index in [1.165, 1.54) is 6.20 Å². The van der Waals surface area contributed by atoms with Crippen molar-refractivity contribution in [2.45, 2.75) is 10.9 Å². The number of carboxylic acids is 1. The van der Waals surface area contributed by atoms with Crippen molar-refractivity contribution in [3.05, 3.63) is 18.3 Å². The topological polar surface area (TPSA) is 137 Å². The fourth-order valence-electron chi connectivity index (χ4n) is 3.30. The minimum Gasteiger partial charge on any atom is -0.483 e. The number of pyridine rings is 1. The van der Waals surface area contributed by atoms with E-state index >= 15 is 0 Å². The molecule has 1 aromatic rings. The molecule has 0 aromatic carbocycles. The zero-order valence-corrected chi connectivity index (χ0v) is 15.7. The van der Waals surface area contributed by atoms with Gasteiger partial charge in [-0.15, -0.1) is 0 Å². The van der Waals surface area contributed by atoms with Crippen molar-refractivity contribution in [1.29, 1.82) is 0 Å². The van der Waals surface area contributed by atoms with Crippen LogP contribution in [0.3, 0.4) is 0 Å². The molecule has 0 radical (unpaired) electrons. The van der Waals surface area contributed by atoms with Gasteiger partial charge in [-0.05, 0) is 12.1 Å². The lowest BCUT2D eigenvalue weighted by Gasteiger charge is -2.31. The van der Waals surface area contributed by atoms with Gasteiger partial charge in [-0.3, -0.25) is 14.5 Å². The highest BCUT2D eigenvalue weighted by Crippen LogP contribution is 2.25. The number of carboxylic acid groups (broad SMARTS) is 2. The number of hydrogen-bond donors (Lipinski definition) is 2. The van der Waals surface area contributed by atoms with E-state index in [1.54, 1.807) is 12.1 Å². The summed E-state index contributed by atoms with van der Waals surface area (Å²) in [6, 6.07) is 3.26. The van der Waals surface area contributed by atoms with Crippen molar-refractivity contribution < 1.29 is 33.0 Å². The molecule has 2 saturated heterocycles. The van der Waals surface area contributed by atoms with Crippen LogP contribution < -0.4 is 4.90 Å². The number of aliphatic carboxylic acids is 1. The summed E-state index contributed by atoms with van der Waals surface area (Å²) in [5.74, 6) is 0.0476. The molecule has 0 unspecified atom stereocenters. The fourth-order valence-corrected chi connectivity index (χ4v) is 3.86. The zero-order valence-electron chi connectivity index (χ0n) is 14.9. The largest absolute Gasteiger partial charge is 0.483 e. The Bertz CT molecular complexity index is 754. The number of sulfone groups is 1. The van der Waals surface area contributed by atoms with Crippen LogP contribution in [0.5, 0.6) is 0 Å². The van der Waals surface area contributed by atoms with E-state index in [1.807, 2.05) is 4.90 Å². The van der Waals surface area contributed by atoms with Crippen LogP contribution in [0.2, 0.25) is 0 Å². The van der Waals surface area contributed by atoms with Crippen LogP contribution in [-0.4, -0.2) is 92.6 Å². The number of carbonyl (C=O) groups is 2. The maximum absolute atomic E-state index is 11.6. The normalized spacial score (nSPS) is 22.9. The molecule has 2 bridgehead atoms. The van der Waals surface area contributed by atoms with Crippen LogP contribution in [0.15, 0.2) is 23.2 Å². The van der Waals surface area contributed by atoms with Gasteiger partial charge in [0, 0.05) is 38.0 Å². The minimum atomic E-state index is -3.28. The third-order valence-electron chi connectivity index (χ3n) is 4.35. The summed E-state index contributed by atoms with van der Waals surface area (Å²) in [4.78, 5) is 27.9. The first kappa shape index (κ1) is 21.1. The maximum atomic E-state index is 11.6. The van der Waals surface area contributed by atoms with Crippen molar-refractivity contribution >= 4 is 28.1 Å². The average molecular weight is 401 g/mol. The molecule has 0 saturated carbocycles. The molecule has 0 aliphatic carbocycles.